The minimum atomic E-state index is -3.10. The van der Waals surface area contributed by atoms with Crippen LogP contribution in [-0.2, 0) is 4.74 Å². The number of nitrogens with two attached hydrogens (primary N) is 1. The Morgan fingerprint density at radius 2 is 1.89 bits per heavy atom. The Hall–Kier alpha value is -2.30. The molecule has 0 aromatic rings. The molecule has 0 saturated carbocycles. The first-order valence-corrected chi connectivity index (χ1v) is 9.15. The van der Waals surface area contributed by atoms with Crippen LogP contribution in [0.25, 0.3) is 0 Å². The number of likely N-dealkylation sites (tertiary alicyclic amines) is 2. The van der Waals surface area contributed by atoms with Crippen LogP contribution in [0.3, 0.4) is 0 Å². The lowest BCUT2D eigenvalue weighted by atomic mass is 9.98. The first kappa shape index (κ1) is 22.0. The molecule has 11 heteroatoms. The van der Waals surface area contributed by atoms with Crippen LogP contribution >= 0.6 is 0 Å². The van der Waals surface area contributed by atoms with E-state index in [1.807, 2.05) is 20.8 Å². The van der Waals surface area contributed by atoms with Crippen LogP contribution in [0.1, 0.15) is 33.6 Å². The molecular formula is C17H27F2N5O4. The summed E-state index contributed by atoms with van der Waals surface area (Å²) >= 11 is 0. The number of nitrogens with zero attached hydrogens (tertiary/aromatic N) is 4. The van der Waals surface area contributed by atoms with Crippen LogP contribution in [0.2, 0.25) is 0 Å². The van der Waals surface area contributed by atoms with Crippen molar-refractivity contribution in [3.05, 3.63) is 21.5 Å². The number of amides is 1. The highest BCUT2D eigenvalue weighted by Gasteiger charge is 2.35. The number of carbonyl (C=O) groups is 1. The molecule has 0 radical (unpaired) electrons. The molecule has 2 aliphatic rings. The zero-order valence-electron chi connectivity index (χ0n) is 16.3. The van der Waals surface area contributed by atoms with E-state index in [2.05, 4.69) is 9.89 Å². The third-order valence-electron chi connectivity index (χ3n) is 4.66. The molecule has 0 spiro atoms. The number of alkyl halides is 2. The quantitative estimate of drug-likeness (QED) is 0.426. The number of hydrogen-bond acceptors (Lipinski definition) is 7. The molecular weight excluding hydrogens is 376 g/mol. The van der Waals surface area contributed by atoms with Crippen molar-refractivity contribution in [2.75, 3.05) is 26.2 Å². The Balaban J connectivity index is 1.80. The van der Waals surface area contributed by atoms with Crippen LogP contribution in [0, 0.1) is 10.1 Å². The van der Waals surface area contributed by atoms with Crippen molar-refractivity contribution >= 4 is 12.3 Å². The molecule has 1 amide bonds. The summed E-state index contributed by atoms with van der Waals surface area (Å²) in [4.78, 5) is 29.9. The van der Waals surface area contributed by atoms with Gasteiger partial charge < -0.3 is 15.4 Å². The second-order valence-electron chi connectivity index (χ2n) is 7.98. The summed E-state index contributed by atoms with van der Waals surface area (Å²) < 4.78 is 30.5. The van der Waals surface area contributed by atoms with E-state index in [0.717, 1.165) is 19.1 Å². The minimum absolute atomic E-state index is 0.190. The SMILES string of the molecule is CC(C)(C)OC(=O)N1CCC(N2CC(N=CC(=C(N)C(F)F)[N+](=O)[O-])C2)CC1. The lowest BCUT2D eigenvalue weighted by Crippen LogP contribution is -2.57. The summed E-state index contributed by atoms with van der Waals surface area (Å²) in [6.45, 7) is 7.86. The van der Waals surface area contributed by atoms with E-state index in [-0.39, 0.29) is 12.1 Å². The van der Waals surface area contributed by atoms with Crippen molar-refractivity contribution in [1.29, 1.82) is 0 Å². The number of carbonyl (C=O) groups excluding carboxylic acids is 1. The monoisotopic (exact) mass is 403 g/mol. The number of halogens is 2. The van der Waals surface area contributed by atoms with Crippen molar-refractivity contribution in [1.82, 2.24) is 9.80 Å². The Morgan fingerprint density at radius 1 is 1.32 bits per heavy atom. The van der Waals surface area contributed by atoms with Crippen LogP contribution in [-0.4, -0.2) is 77.3 Å². The molecule has 158 valence electrons. The van der Waals surface area contributed by atoms with Gasteiger partial charge in [-0.1, -0.05) is 0 Å². The van der Waals surface area contributed by atoms with Crippen LogP contribution in [0.5, 0.6) is 0 Å². The van der Waals surface area contributed by atoms with E-state index in [9.17, 15) is 23.7 Å². The topological polar surface area (TPSA) is 114 Å². The van der Waals surface area contributed by atoms with Crippen molar-refractivity contribution in [3.8, 4) is 0 Å². The first-order chi connectivity index (χ1) is 13.0. The predicted molar refractivity (Wildman–Crippen MR) is 98.9 cm³/mol. The van der Waals surface area contributed by atoms with Gasteiger partial charge in [0.05, 0.1) is 11.0 Å². The lowest BCUT2D eigenvalue weighted by molar-refractivity contribution is -0.416. The summed E-state index contributed by atoms with van der Waals surface area (Å²) in [5, 5.41) is 10.8. The molecule has 2 saturated heterocycles. The zero-order valence-corrected chi connectivity index (χ0v) is 16.3. The third kappa shape index (κ3) is 5.85. The molecule has 2 N–H and O–H groups in total. The Kier molecular flexibility index (Phi) is 6.91. The van der Waals surface area contributed by atoms with Gasteiger partial charge in [0.25, 0.3) is 6.43 Å². The van der Waals surface area contributed by atoms with E-state index in [1.165, 1.54) is 0 Å². The van der Waals surface area contributed by atoms with Gasteiger partial charge in [0.2, 0.25) is 0 Å². The summed E-state index contributed by atoms with van der Waals surface area (Å²) in [5.74, 6) is 0. The fourth-order valence-corrected chi connectivity index (χ4v) is 3.14. The van der Waals surface area contributed by atoms with Gasteiger partial charge in [0.15, 0.2) is 5.70 Å². The third-order valence-corrected chi connectivity index (χ3v) is 4.66. The van der Waals surface area contributed by atoms with Crippen LogP contribution < -0.4 is 5.73 Å². The van der Waals surface area contributed by atoms with Crippen molar-refractivity contribution < 1.29 is 23.2 Å². The largest absolute Gasteiger partial charge is 0.444 e. The summed E-state index contributed by atoms with van der Waals surface area (Å²) in [5.41, 5.74) is 2.60. The second-order valence-corrected chi connectivity index (χ2v) is 7.98. The average molecular weight is 403 g/mol. The molecule has 2 rings (SSSR count). The van der Waals surface area contributed by atoms with E-state index < -0.39 is 28.3 Å². The number of nitro groups is 1. The van der Waals surface area contributed by atoms with E-state index in [1.54, 1.807) is 4.90 Å². The molecule has 0 unspecified atom stereocenters. The standard InChI is InChI=1S/C17H27F2N5O4/c1-17(2,3)28-16(25)22-6-4-12(5-7-22)23-9-11(10-23)21-8-13(24(26)27)14(20)15(18)19/h8,11-12,15H,4-7,9-10,20H2,1-3H3. The van der Waals surface area contributed by atoms with Gasteiger partial charge in [-0.25, -0.2) is 13.6 Å². The highest BCUT2D eigenvalue weighted by molar-refractivity contribution is 5.76. The average Bonchev–Trinajstić information content (AvgIpc) is 2.54. The maximum absolute atomic E-state index is 12.5. The Morgan fingerprint density at radius 3 is 2.36 bits per heavy atom. The maximum Gasteiger partial charge on any atom is 0.410 e. The van der Waals surface area contributed by atoms with Crippen molar-refractivity contribution in [2.24, 2.45) is 10.7 Å². The molecule has 2 aliphatic heterocycles. The van der Waals surface area contributed by atoms with E-state index in [0.29, 0.717) is 32.2 Å². The van der Waals surface area contributed by atoms with Gasteiger partial charge >= 0.3 is 11.8 Å². The molecule has 2 fully saturated rings. The molecule has 0 atom stereocenters. The van der Waals surface area contributed by atoms with Crippen molar-refractivity contribution in [3.63, 3.8) is 0 Å². The fourth-order valence-electron chi connectivity index (χ4n) is 3.14. The highest BCUT2D eigenvalue weighted by Crippen LogP contribution is 2.24. The van der Waals surface area contributed by atoms with Crippen LogP contribution in [0.4, 0.5) is 13.6 Å². The van der Waals surface area contributed by atoms with Crippen LogP contribution in [0.15, 0.2) is 16.4 Å². The molecule has 2 heterocycles. The number of piperidine rings is 1. The first-order valence-electron chi connectivity index (χ1n) is 9.15. The lowest BCUT2D eigenvalue weighted by Gasteiger charge is -2.45. The maximum atomic E-state index is 12.5. The summed E-state index contributed by atoms with van der Waals surface area (Å²) in [6.07, 6.45) is -0.982. The Labute approximate surface area is 162 Å². The number of hydrogen-bond donors (Lipinski definition) is 1. The number of aliphatic imine (C=N–C) groups is 1. The molecule has 0 bridgehead atoms. The minimum Gasteiger partial charge on any atom is -0.444 e. The highest BCUT2D eigenvalue weighted by atomic mass is 19.3. The molecule has 0 aromatic carbocycles. The zero-order chi connectivity index (χ0) is 21.1. The fraction of sp³-hybridized carbons (Fsp3) is 0.765. The smallest absolute Gasteiger partial charge is 0.410 e. The number of rotatable bonds is 5. The van der Waals surface area contributed by atoms with Gasteiger partial charge in [0.1, 0.15) is 11.8 Å². The van der Waals surface area contributed by atoms with Gasteiger partial charge in [-0.15, -0.1) is 0 Å². The molecule has 9 nitrogen and oxygen atoms in total. The number of ether oxygens (including phenoxy) is 1. The molecule has 0 aliphatic carbocycles. The summed E-state index contributed by atoms with van der Waals surface area (Å²) in [6, 6.07) is 0.103. The normalized spacial score (nSPS) is 21.0. The second kappa shape index (κ2) is 8.80. The predicted octanol–water partition coefficient (Wildman–Crippen LogP) is 1.85. The summed E-state index contributed by atoms with van der Waals surface area (Å²) in [7, 11) is 0. The molecule has 0 aromatic heterocycles. The van der Waals surface area contributed by atoms with Gasteiger partial charge in [-0.05, 0) is 33.6 Å². The van der Waals surface area contributed by atoms with Gasteiger partial charge in [0, 0.05) is 32.2 Å². The van der Waals surface area contributed by atoms with E-state index >= 15 is 0 Å². The van der Waals surface area contributed by atoms with Gasteiger partial charge in [-0.3, -0.25) is 20.0 Å². The Bertz CT molecular complexity index is 648. The number of allylic oxidation sites excluding steroid dienone is 2. The van der Waals surface area contributed by atoms with Crippen molar-refractivity contribution in [2.45, 2.75) is 57.7 Å². The van der Waals surface area contributed by atoms with E-state index in [4.69, 9.17) is 10.5 Å². The molecule has 28 heavy (non-hydrogen) atoms. The van der Waals surface area contributed by atoms with Gasteiger partial charge in [-0.2, -0.15) is 0 Å².